The van der Waals surface area contributed by atoms with Gasteiger partial charge in [-0.2, -0.15) is 0 Å². The van der Waals surface area contributed by atoms with Crippen LogP contribution in [0.4, 0.5) is 0 Å². The van der Waals surface area contributed by atoms with E-state index in [9.17, 15) is 0 Å². The van der Waals surface area contributed by atoms with Gasteiger partial charge in [-0.05, 0) is 20.8 Å². The zero-order valence-electron chi connectivity index (χ0n) is 14.2. The Morgan fingerprint density at radius 1 is 1.29 bits per heavy atom. The number of ether oxygens (including phenoxy) is 2. The SMILES string of the molecule is CC1CC(C)(C)OC(Cn2ccnc2)(c2occ3ccccc23)O1. The van der Waals surface area contributed by atoms with Crippen molar-refractivity contribution in [2.24, 2.45) is 0 Å². The molecule has 0 radical (unpaired) electrons. The van der Waals surface area contributed by atoms with Crippen molar-refractivity contribution in [3.63, 3.8) is 0 Å². The number of hydrogen-bond donors (Lipinski definition) is 0. The second-order valence-corrected chi connectivity index (χ2v) is 7.13. The molecule has 2 unspecified atom stereocenters. The third-order valence-corrected chi connectivity index (χ3v) is 4.42. The fraction of sp³-hybridized carbons (Fsp3) is 0.421. The zero-order chi connectivity index (χ0) is 16.8. The lowest BCUT2D eigenvalue weighted by Gasteiger charge is -2.46. The molecule has 3 aromatic rings. The molecule has 0 amide bonds. The maximum absolute atomic E-state index is 6.49. The van der Waals surface area contributed by atoms with Gasteiger partial charge in [0.05, 0.1) is 30.8 Å². The summed E-state index contributed by atoms with van der Waals surface area (Å²) < 4.78 is 20.8. The minimum absolute atomic E-state index is 0.0566. The summed E-state index contributed by atoms with van der Waals surface area (Å²) in [5.74, 6) is -0.267. The van der Waals surface area contributed by atoms with Crippen molar-refractivity contribution in [3.8, 4) is 0 Å². The second kappa shape index (κ2) is 5.46. The molecule has 2 aromatic heterocycles. The fourth-order valence-corrected chi connectivity index (χ4v) is 3.72. The molecule has 1 saturated heterocycles. The largest absolute Gasteiger partial charge is 0.462 e. The lowest BCUT2D eigenvalue weighted by Crippen LogP contribution is -2.52. The van der Waals surface area contributed by atoms with E-state index in [1.807, 2.05) is 35.0 Å². The number of furan rings is 1. The van der Waals surface area contributed by atoms with Crippen LogP contribution in [0.2, 0.25) is 0 Å². The summed E-state index contributed by atoms with van der Waals surface area (Å²) in [6, 6.07) is 8.08. The summed E-state index contributed by atoms with van der Waals surface area (Å²) in [5.41, 5.74) is -0.313. The molecule has 0 saturated carbocycles. The molecule has 0 spiro atoms. The smallest absolute Gasteiger partial charge is 0.248 e. The fourth-order valence-electron chi connectivity index (χ4n) is 3.72. The van der Waals surface area contributed by atoms with Crippen LogP contribution in [0.1, 0.15) is 33.0 Å². The Hall–Kier alpha value is -2.11. The van der Waals surface area contributed by atoms with E-state index in [2.05, 4.69) is 25.8 Å². The minimum Gasteiger partial charge on any atom is -0.462 e. The summed E-state index contributed by atoms with van der Waals surface area (Å²) in [4.78, 5) is 4.14. The van der Waals surface area contributed by atoms with Crippen molar-refractivity contribution >= 4 is 10.8 Å². The molecule has 0 aliphatic carbocycles. The zero-order valence-corrected chi connectivity index (χ0v) is 14.2. The van der Waals surface area contributed by atoms with Crippen LogP contribution in [-0.4, -0.2) is 21.3 Å². The van der Waals surface area contributed by atoms with Gasteiger partial charge in [0.25, 0.3) is 0 Å². The highest BCUT2D eigenvalue weighted by molar-refractivity contribution is 5.84. The highest BCUT2D eigenvalue weighted by Crippen LogP contribution is 2.44. The van der Waals surface area contributed by atoms with Crippen LogP contribution in [-0.2, 0) is 21.8 Å². The van der Waals surface area contributed by atoms with E-state index < -0.39 is 5.79 Å². The van der Waals surface area contributed by atoms with Crippen molar-refractivity contribution in [1.29, 1.82) is 0 Å². The van der Waals surface area contributed by atoms with Crippen LogP contribution in [0.15, 0.2) is 53.7 Å². The molecule has 1 aliphatic heterocycles. The van der Waals surface area contributed by atoms with Crippen LogP contribution in [0, 0.1) is 0 Å². The van der Waals surface area contributed by atoms with Gasteiger partial charge >= 0.3 is 0 Å². The normalized spacial score (nSPS) is 26.7. The first-order valence-corrected chi connectivity index (χ1v) is 8.28. The van der Waals surface area contributed by atoms with Gasteiger partial charge in [0.15, 0.2) is 5.76 Å². The number of rotatable bonds is 3. The number of benzene rings is 1. The minimum atomic E-state index is -0.981. The number of imidazole rings is 1. The number of aromatic nitrogens is 2. The van der Waals surface area contributed by atoms with Crippen molar-refractivity contribution in [3.05, 3.63) is 55.0 Å². The second-order valence-electron chi connectivity index (χ2n) is 7.13. The molecular weight excluding hydrogens is 304 g/mol. The van der Waals surface area contributed by atoms with Gasteiger partial charge in [-0.15, -0.1) is 0 Å². The van der Waals surface area contributed by atoms with E-state index in [0.717, 1.165) is 17.2 Å². The Balaban J connectivity index is 1.87. The molecular formula is C19H22N2O3. The van der Waals surface area contributed by atoms with Gasteiger partial charge in [0.2, 0.25) is 5.79 Å². The summed E-state index contributed by atoms with van der Waals surface area (Å²) in [6.45, 7) is 6.76. The van der Waals surface area contributed by atoms with E-state index in [4.69, 9.17) is 13.9 Å². The van der Waals surface area contributed by atoms with Gasteiger partial charge in [-0.25, -0.2) is 4.98 Å². The number of hydrogen-bond acceptors (Lipinski definition) is 4. The number of nitrogens with zero attached hydrogens (tertiary/aromatic N) is 2. The maximum Gasteiger partial charge on any atom is 0.248 e. The molecule has 1 fully saturated rings. The lowest BCUT2D eigenvalue weighted by atomic mass is 9.96. The Kier molecular flexibility index (Phi) is 3.51. The maximum atomic E-state index is 6.49. The van der Waals surface area contributed by atoms with Gasteiger partial charge in [0, 0.05) is 29.6 Å². The Labute approximate surface area is 141 Å². The Bertz CT molecular complexity index is 837. The average molecular weight is 326 g/mol. The molecule has 2 atom stereocenters. The van der Waals surface area contributed by atoms with E-state index in [1.54, 1.807) is 18.8 Å². The average Bonchev–Trinajstić information content (AvgIpc) is 3.13. The van der Waals surface area contributed by atoms with Crippen LogP contribution in [0.5, 0.6) is 0 Å². The van der Waals surface area contributed by atoms with E-state index in [-0.39, 0.29) is 11.7 Å². The number of fused-ring (bicyclic) bond motifs is 1. The monoisotopic (exact) mass is 326 g/mol. The van der Waals surface area contributed by atoms with Crippen molar-refractivity contribution in [1.82, 2.24) is 9.55 Å². The lowest BCUT2D eigenvalue weighted by molar-refractivity contribution is -0.359. The molecule has 3 heterocycles. The van der Waals surface area contributed by atoms with Crippen LogP contribution in [0.25, 0.3) is 10.8 Å². The van der Waals surface area contributed by atoms with Gasteiger partial charge in [-0.3, -0.25) is 0 Å². The summed E-state index contributed by atoms with van der Waals surface area (Å²) in [6.07, 6.45) is 8.08. The predicted octanol–water partition coefficient (Wildman–Crippen LogP) is 4.09. The van der Waals surface area contributed by atoms with Crippen LogP contribution in [0.3, 0.4) is 0 Å². The standard InChI is InChI=1S/C19H22N2O3/c1-14-10-18(2,3)24-19(23-14,12-21-9-8-20-13-21)17-16-7-5-4-6-15(16)11-22-17/h4-9,11,13-14H,10,12H2,1-3H3. The third kappa shape index (κ3) is 2.64. The van der Waals surface area contributed by atoms with Gasteiger partial charge < -0.3 is 18.5 Å². The summed E-state index contributed by atoms with van der Waals surface area (Å²) >= 11 is 0. The van der Waals surface area contributed by atoms with Crippen LogP contribution < -0.4 is 0 Å². The third-order valence-electron chi connectivity index (χ3n) is 4.42. The molecule has 1 aromatic carbocycles. The highest BCUT2D eigenvalue weighted by atomic mass is 16.7. The first kappa shape index (κ1) is 15.4. The molecule has 1 aliphatic rings. The van der Waals surface area contributed by atoms with E-state index >= 15 is 0 Å². The summed E-state index contributed by atoms with van der Waals surface area (Å²) in [5, 5.41) is 2.06. The van der Waals surface area contributed by atoms with Crippen LogP contribution >= 0.6 is 0 Å². The molecule has 0 N–H and O–H groups in total. The quantitative estimate of drug-likeness (QED) is 0.727. The van der Waals surface area contributed by atoms with Gasteiger partial charge in [-0.1, -0.05) is 24.3 Å². The molecule has 4 rings (SSSR count). The Morgan fingerprint density at radius 2 is 2.12 bits per heavy atom. The van der Waals surface area contributed by atoms with E-state index in [0.29, 0.717) is 12.3 Å². The first-order valence-electron chi connectivity index (χ1n) is 8.28. The Morgan fingerprint density at radius 3 is 2.88 bits per heavy atom. The summed E-state index contributed by atoms with van der Waals surface area (Å²) in [7, 11) is 0. The molecule has 0 bridgehead atoms. The first-order chi connectivity index (χ1) is 11.5. The van der Waals surface area contributed by atoms with Crippen molar-refractivity contribution < 1.29 is 13.9 Å². The topological polar surface area (TPSA) is 49.4 Å². The molecule has 24 heavy (non-hydrogen) atoms. The van der Waals surface area contributed by atoms with Crippen molar-refractivity contribution in [2.45, 2.75) is 51.2 Å². The van der Waals surface area contributed by atoms with E-state index in [1.165, 1.54) is 0 Å². The van der Waals surface area contributed by atoms with Gasteiger partial charge in [0.1, 0.15) is 0 Å². The van der Waals surface area contributed by atoms with Crippen molar-refractivity contribution in [2.75, 3.05) is 0 Å². The molecule has 126 valence electrons. The highest BCUT2D eigenvalue weighted by Gasteiger charge is 2.49. The predicted molar refractivity (Wildman–Crippen MR) is 90.4 cm³/mol. The molecule has 5 nitrogen and oxygen atoms in total. The molecule has 5 heteroatoms.